The quantitative estimate of drug-likeness (QED) is 0.880. The first-order valence-corrected chi connectivity index (χ1v) is 7.13. The van der Waals surface area contributed by atoms with Crippen LogP contribution in [-0.4, -0.2) is 22.2 Å². The Hall–Kier alpha value is -2.74. The molecule has 1 heterocycles. The van der Waals surface area contributed by atoms with Crippen molar-refractivity contribution < 1.29 is 14.6 Å². The molecule has 1 aromatic carbocycles. The monoisotopic (exact) mass is 298 g/mol. The molecule has 0 unspecified atom stereocenters. The van der Waals surface area contributed by atoms with E-state index in [9.17, 15) is 15.2 Å². The number of rotatable bonds is 4. The van der Waals surface area contributed by atoms with Crippen molar-refractivity contribution in [3.63, 3.8) is 0 Å². The number of ether oxygens (including phenoxy) is 1. The number of nitrogens with zero attached hydrogens (tertiary/aromatic N) is 2. The van der Waals surface area contributed by atoms with Crippen LogP contribution in [0.3, 0.4) is 0 Å². The van der Waals surface area contributed by atoms with Crippen LogP contribution in [-0.2, 0) is 18.2 Å². The summed E-state index contributed by atoms with van der Waals surface area (Å²) in [6.45, 7) is 3.95. The fourth-order valence-electron chi connectivity index (χ4n) is 2.62. The molecule has 1 aromatic heterocycles. The van der Waals surface area contributed by atoms with Gasteiger partial charge in [-0.3, -0.25) is 0 Å². The minimum Gasteiger partial charge on any atom is -0.508 e. The Bertz CT molecular complexity index is 737. The fraction of sp³-hybridized carbons (Fsp3) is 0.294. The van der Waals surface area contributed by atoms with Crippen LogP contribution >= 0.6 is 0 Å². The summed E-state index contributed by atoms with van der Waals surface area (Å²) in [7, 11) is 1.76. The van der Waals surface area contributed by atoms with Gasteiger partial charge in [0.1, 0.15) is 17.5 Å². The first-order valence-electron chi connectivity index (χ1n) is 7.13. The van der Waals surface area contributed by atoms with E-state index >= 15 is 0 Å². The predicted molar refractivity (Wildman–Crippen MR) is 82.6 cm³/mol. The maximum absolute atomic E-state index is 12.3. The number of carbonyl (C=O) groups is 1. The second-order valence-corrected chi connectivity index (χ2v) is 4.84. The average Bonchev–Trinajstić information content (AvgIpc) is 2.80. The van der Waals surface area contributed by atoms with Crippen molar-refractivity contribution in [2.75, 3.05) is 6.61 Å². The second-order valence-electron chi connectivity index (χ2n) is 4.84. The highest BCUT2D eigenvalue weighted by molar-refractivity contribution is 5.98. The van der Waals surface area contributed by atoms with Gasteiger partial charge in [0.05, 0.1) is 12.2 Å². The first-order chi connectivity index (χ1) is 10.5. The number of carbonyl (C=O) groups excluding carboxylic acids is 1. The molecular formula is C17H18N2O3. The molecule has 2 aromatic rings. The van der Waals surface area contributed by atoms with Crippen LogP contribution in [0.5, 0.6) is 5.75 Å². The zero-order valence-electron chi connectivity index (χ0n) is 12.9. The normalized spacial score (nSPS) is 10.3. The molecule has 0 fully saturated rings. The van der Waals surface area contributed by atoms with Crippen molar-refractivity contribution in [2.24, 2.45) is 7.05 Å². The fourth-order valence-corrected chi connectivity index (χ4v) is 2.62. The van der Waals surface area contributed by atoms with E-state index in [1.807, 2.05) is 6.92 Å². The van der Waals surface area contributed by atoms with Gasteiger partial charge in [-0.15, -0.1) is 0 Å². The van der Waals surface area contributed by atoms with Gasteiger partial charge < -0.3 is 14.4 Å². The minimum absolute atomic E-state index is 0.131. The number of benzene rings is 1. The molecule has 0 saturated carbocycles. The number of aromatic hydroxyl groups is 1. The Morgan fingerprint density at radius 2 is 1.95 bits per heavy atom. The van der Waals surface area contributed by atoms with Crippen LogP contribution in [0.15, 0.2) is 24.3 Å². The Morgan fingerprint density at radius 1 is 1.32 bits per heavy atom. The van der Waals surface area contributed by atoms with Gasteiger partial charge in [-0.25, -0.2) is 4.79 Å². The standard InChI is InChI=1S/C17H18N2O3/c1-4-14-13(10-18)15(11-6-8-12(20)9-7-11)16(19(14)3)17(21)22-5-2/h6-9,20H,4-5H2,1-3H3. The van der Waals surface area contributed by atoms with Crippen molar-refractivity contribution in [1.29, 1.82) is 5.26 Å². The number of esters is 1. The van der Waals surface area contributed by atoms with Gasteiger partial charge in [0, 0.05) is 18.3 Å². The summed E-state index contributed by atoms with van der Waals surface area (Å²) >= 11 is 0. The SMILES string of the molecule is CCOC(=O)c1c(-c2ccc(O)cc2)c(C#N)c(CC)n1C. The Morgan fingerprint density at radius 3 is 2.45 bits per heavy atom. The maximum atomic E-state index is 12.3. The molecule has 0 atom stereocenters. The summed E-state index contributed by atoms with van der Waals surface area (Å²) in [4.78, 5) is 12.3. The molecular weight excluding hydrogens is 280 g/mol. The molecule has 114 valence electrons. The van der Waals surface area contributed by atoms with E-state index in [0.29, 0.717) is 28.8 Å². The number of hydrogen-bond donors (Lipinski definition) is 1. The molecule has 5 heteroatoms. The van der Waals surface area contributed by atoms with Crippen molar-refractivity contribution in [3.05, 3.63) is 41.2 Å². The lowest BCUT2D eigenvalue weighted by atomic mass is 10.00. The topological polar surface area (TPSA) is 75.2 Å². The summed E-state index contributed by atoms with van der Waals surface area (Å²) < 4.78 is 6.85. The third-order valence-corrected chi connectivity index (χ3v) is 3.59. The van der Waals surface area contributed by atoms with Crippen LogP contribution in [0, 0.1) is 11.3 Å². The zero-order valence-corrected chi connectivity index (χ0v) is 12.9. The molecule has 0 spiro atoms. The summed E-state index contributed by atoms with van der Waals surface area (Å²) in [5.74, 6) is -0.323. The molecule has 1 N–H and O–H groups in total. The van der Waals surface area contributed by atoms with Gasteiger partial charge in [-0.2, -0.15) is 5.26 Å². The lowest BCUT2D eigenvalue weighted by Crippen LogP contribution is -2.12. The van der Waals surface area contributed by atoms with Crippen LogP contribution in [0.4, 0.5) is 0 Å². The molecule has 0 bridgehead atoms. The molecule has 0 aliphatic carbocycles. The van der Waals surface area contributed by atoms with Crippen molar-refractivity contribution in [2.45, 2.75) is 20.3 Å². The van der Waals surface area contributed by atoms with Gasteiger partial charge in [0.2, 0.25) is 0 Å². The Kier molecular flexibility index (Phi) is 4.52. The van der Waals surface area contributed by atoms with Gasteiger partial charge in [0.25, 0.3) is 0 Å². The molecule has 0 saturated heterocycles. The van der Waals surface area contributed by atoms with Crippen molar-refractivity contribution >= 4 is 5.97 Å². The predicted octanol–water partition coefficient (Wildman–Crippen LogP) is 3.01. The lowest BCUT2D eigenvalue weighted by molar-refractivity contribution is 0.0516. The summed E-state index contributed by atoms with van der Waals surface area (Å²) in [6, 6.07) is 8.64. The van der Waals surface area contributed by atoms with E-state index in [2.05, 4.69) is 6.07 Å². The summed E-state index contributed by atoms with van der Waals surface area (Å²) in [6.07, 6.45) is 0.629. The van der Waals surface area contributed by atoms with Crippen molar-refractivity contribution in [1.82, 2.24) is 4.57 Å². The van der Waals surface area contributed by atoms with Crippen LogP contribution in [0.1, 0.15) is 35.6 Å². The third-order valence-electron chi connectivity index (χ3n) is 3.59. The molecule has 5 nitrogen and oxygen atoms in total. The van der Waals surface area contributed by atoms with Crippen LogP contribution in [0.2, 0.25) is 0 Å². The number of nitriles is 1. The molecule has 0 amide bonds. The molecule has 22 heavy (non-hydrogen) atoms. The lowest BCUT2D eigenvalue weighted by Gasteiger charge is -2.08. The third kappa shape index (κ3) is 2.56. The van der Waals surface area contributed by atoms with E-state index in [0.717, 1.165) is 5.69 Å². The molecule has 0 aliphatic heterocycles. The number of phenols is 1. The Balaban J connectivity index is 2.77. The highest BCUT2D eigenvalue weighted by atomic mass is 16.5. The van der Waals surface area contributed by atoms with E-state index < -0.39 is 5.97 Å². The minimum atomic E-state index is -0.454. The number of hydrogen-bond acceptors (Lipinski definition) is 4. The second kappa shape index (κ2) is 6.35. The largest absolute Gasteiger partial charge is 0.508 e. The van der Waals surface area contributed by atoms with E-state index in [4.69, 9.17) is 4.74 Å². The molecule has 0 radical (unpaired) electrons. The molecule has 2 rings (SSSR count). The van der Waals surface area contributed by atoms with Crippen molar-refractivity contribution in [3.8, 4) is 22.9 Å². The van der Waals surface area contributed by atoms with Gasteiger partial charge in [-0.1, -0.05) is 19.1 Å². The van der Waals surface area contributed by atoms with Gasteiger partial charge in [0.15, 0.2) is 0 Å². The van der Waals surface area contributed by atoms with Crippen LogP contribution < -0.4 is 0 Å². The van der Waals surface area contributed by atoms with Gasteiger partial charge in [-0.05, 0) is 31.0 Å². The maximum Gasteiger partial charge on any atom is 0.355 e. The van der Waals surface area contributed by atoms with Crippen LogP contribution in [0.25, 0.3) is 11.1 Å². The highest BCUT2D eigenvalue weighted by Crippen LogP contribution is 2.33. The number of aromatic nitrogens is 1. The van der Waals surface area contributed by atoms with E-state index in [1.54, 1.807) is 30.7 Å². The number of phenolic OH excluding ortho intramolecular Hbond substituents is 1. The highest BCUT2D eigenvalue weighted by Gasteiger charge is 2.26. The molecule has 0 aliphatic rings. The van der Waals surface area contributed by atoms with E-state index in [1.165, 1.54) is 12.1 Å². The zero-order chi connectivity index (χ0) is 16.3. The Labute approximate surface area is 129 Å². The summed E-state index contributed by atoms with van der Waals surface area (Å²) in [5.41, 5.74) is 2.88. The summed E-state index contributed by atoms with van der Waals surface area (Å²) in [5, 5.41) is 19.0. The van der Waals surface area contributed by atoms with Gasteiger partial charge >= 0.3 is 5.97 Å². The average molecular weight is 298 g/mol. The first kappa shape index (κ1) is 15.6. The van der Waals surface area contributed by atoms with E-state index in [-0.39, 0.29) is 12.4 Å². The smallest absolute Gasteiger partial charge is 0.355 e.